The van der Waals surface area contributed by atoms with Gasteiger partial charge in [-0.15, -0.1) is 0 Å². The molecule has 0 spiro atoms. The number of benzene rings is 2. The third-order valence-electron chi connectivity index (χ3n) is 4.00. The molecule has 0 bridgehead atoms. The molecule has 0 aliphatic rings. The molecule has 2 rings (SSSR count). The number of anilines is 1. The van der Waals surface area contributed by atoms with Crippen molar-refractivity contribution in [2.24, 2.45) is 0 Å². The van der Waals surface area contributed by atoms with Crippen LogP contribution in [0, 0.1) is 6.92 Å². The second-order valence-corrected chi connectivity index (χ2v) is 6.94. The Kier molecular flexibility index (Phi) is 7.58. The Balaban J connectivity index is 1.97. The van der Waals surface area contributed by atoms with Gasteiger partial charge in [-0.2, -0.15) is 0 Å². The van der Waals surface area contributed by atoms with E-state index >= 15 is 0 Å². The molecule has 148 valence electrons. The molecule has 0 aliphatic carbocycles. The van der Waals surface area contributed by atoms with Crippen LogP contribution in [0.4, 0.5) is 5.69 Å². The second-order valence-electron chi connectivity index (χ2n) is 6.50. The van der Waals surface area contributed by atoms with Crippen molar-refractivity contribution in [1.29, 1.82) is 0 Å². The Morgan fingerprint density at radius 1 is 1.11 bits per heavy atom. The molecule has 0 saturated carbocycles. The molecule has 2 unspecified atom stereocenters. The molecule has 0 aromatic heterocycles. The summed E-state index contributed by atoms with van der Waals surface area (Å²) in [7, 11) is 0. The zero-order valence-electron chi connectivity index (χ0n) is 16.0. The van der Waals surface area contributed by atoms with Gasteiger partial charge in [0.05, 0.1) is 12.5 Å². The van der Waals surface area contributed by atoms with Crippen molar-refractivity contribution < 1.29 is 19.1 Å². The van der Waals surface area contributed by atoms with Crippen molar-refractivity contribution in [3.05, 3.63) is 64.7 Å². The maximum Gasteiger partial charge on any atom is 0.309 e. The van der Waals surface area contributed by atoms with Crippen LogP contribution < -0.4 is 10.6 Å². The number of hydrogen-bond donors (Lipinski definition) is 2. The van der Waals surface area contributed by atoms with Crippen molar-refractivity contribution >= 4 is 35.1 Å². The molecule has 0 saturated heterocycles. The van der Waals surface area contributed by atoms with Gasteiger partial charge in [0.1, 0.15) is 0 Å². The van der Waals surface area contributed by atoms with Gasteiger partial charge in [0.25, 0.3) is 5.91 Å². The predicted molar refractivity (Wildman–Crippen MR) is 108 cm³/mol. The Labute approximate surface area is 169 Å². The molecule has 2 atom stereocenters. The number of nitrogens with one attached hydrogen (secondary N) is 2. The molecular formula is C21H23ClN2O4. The molecule has 2 amide bonds. The summed E-state index contributed by atoms with van der Waals surface area (Å²) in [6.45, 7) is 4.82. The van der Waals surface area contributed by atoms with Crippen molar-refractivity contribution in [1.82, 2.24) is 5.32 Å². The van der Waals surface area contributed by atoms with Gasteiger partial charge >= 0.3 is 5.97 Å². The van der Waals surface area contributed by atoms with Crippen LogP contribution in [0.25, 0.3) is 0 Å². The third-order valence-corrected chi connectivity index (χ3v) is 4.23. The summed E-state index contributed by atoms with van der Waals surface area (Å²) in [5.74, 6) is -1.32. The van der Waals surface area contributed by atoms with Crippen LogP contribution in [0.5, 0.6) is 0 Å². The monoisotopic (exact) mass is 402 g/mol. The molecule has 0 fully saturated rings. The van der Waals surface area contributed by atoms with Crippen LogP contribution in [0.2, 0.25) is 5.02 Å². The molecule has 2 N–H and O–H groups in total. The van der Waals surface area contributed by atoms with Crippen LogP contribution in [0.1, 0.15) is 37.4 Å². The first kappa shape index (κ1) is 21.4. The number of hydrogen-bond acceptors (Lipinski definition) is 4. The largest absolute Gasteiger partial charge is 0.452 e. The van der Waals surface area contributed by atoms with Gasteiger partial charge in [0.2, 0.25) is 5.91 Å². The first-order valence-corrected chi connectivity index (χ1v) is 9.22. The van der Waals surface area contributed by atoms with Crippen LogP contribution in [0.3, 0.4) is 0 Å². The van der Waals surface area contributed by atoms with E-state index in [-0.39, 0.29) is 12.3 Å². The number of amides is 2. The average Bonchev–Trinajstić information content (AvgIpc) is 2.61. The van der Waals surface area contributed by atoms with Gasteiger partial charge in [-0.1, -0.05) is 47.5 Å². The SMILES string of the molecule is CC(=O)NC(CC(=O)OC(C)C(=O)Nc1cccc(Cl)c1)c1ccc(C)cc1. The van der Waals surface area contributed by atoms with E-state index in [0.29, 0.717) is 10.7 Å². The van der Waals surface area contributed by atoms with Gasteiger partial charge in [-0.25, -0.2) is 0 Å². The lowest BCUT2D eigenvalue weighted by molar-refractivity contribution is -0.153. The smallest absolute Gasteiger partial charge is 0.309 e. The fourth-order valence-electron chi connectivity index (χ4n) is 2.57. The number of rotatable bonds is 7. The summed E-state index contributed by atoms with van der Waals surface area (Å²) in [6, 6.07) is 13.6. The fourth-order valence-corrected chi connectivity index (χ4v) is 2.76. The quantitative estimate of drug-likeness (QED) is 0.690. The highest BCUT2D eigenvalue weighted by atomic mass is 35.5. The number of aryl methyl sites for hydroxylation is 1. The second kappa shape index (κ2) is 9.90. The van der Waals surface area contributed by atoms with Crippen LogP contribution >= 0.6 is 11.6 Å². The van der Waals surface area contributed by atoms with Gasteiger partial charge in [-0.3, -0.25) is 14.4 Å². The Morgan fingerprint density at radius 3 is 2.39 bits per heavy atom. The summed E-state index contributed by atoms with van der Waals surface area (Å²) in [6.07, 6.45) is -1.08. The van der Waals surface area contributed by atoms with E-state index < -0.39 is 24.0 Å². The van der Waals surface area contributed by atoms with Crippen molar-refractivity contribution in [2.45, 2.75) is 39.3 Å². The molecule has 0 aliphatic heterocycles. The maximum atomic E-state index is 12.3. The molecule has 28 heavy (non-hydrogen) atoms. The van der Waals surface area contributed by atoms with E-state index in [1.165, 1.54) is 13.8 Å². The average molecular weight is 403 g/mol. The van der Waals surface area contributed by atoms with Crippen LogP contribution in [0.15, 0.2) is 48.5 Å². The number of ether oxygens (including phenoxy) is 1. The summed E-state index contributed by atoms with van der Waals surface area (Å²) in [5.41, 5.74) is 2.36. The molecular weight excluding hydrogens is 380 g/mol. The first-order valence-electron chi connectivity index (χ1n) is 8.84. The Bertz CT molecular complexity index is 852. The van der Waals surface area contributed by atoms with Gasteiger partial charge < -0.3 is 15.4 Å². The van der Waals surface area contributed by atoms with Gasteiger partial charge in [0.15, 0.2) is 6.10 Å². The summed E-state index contributed by atoms with van der Waals surface area (Å²) < 4.78 is 5.24. The topological polar surface area (TPSA) is 84.5 Å². The van der Waals surface area contributed by atoms with Gasteiger partial charge in [0, 0.05) is 17.6 Å². The molecule has 0 radical (unpaired) electrons. The fraction of sp³-hybridized carbons (Fsp3) is 0.286. The lowest BCUT2D eigenvalue weighted by atomic mass is 10.0. The number of carbonyl (C=O) groups is 3. The van der Waals surface area contributed by atoms with E-state index in [2.05, 4.69) is 10.6 Å². The van der Waals surface area contributed by atoms with E-state index in [9.17, 15) is 14.4 Å². The minimum absolute atomic E-state index is 0.0859. The van der Waals surface area contributed by atoms with E-state index in [4.69, 9.17) is 16.3 Å². The third kappa shape index (κ3) is 6.70. The van der Waals surface area contributed by atoms with E-state index in [1.54, 1.807) is 24.3 Å². The molecule has 7 heteroatoms. The standard InChI is InChI=1S/C21H23ClN2O4/c1-13-7-9-16(10-8-13)19(23-15(3)25)12-20(26)28-14(2)21(27)24-18-6-4-5-17(22)11-18/h4-11,14,19H,12H2,1-3H3,(H,23,25)(H,24,27). The molecule has 2 aromatic carbocycles. The summed E-state index contributed by atoms with van der Waals surface area (Å²) in [4.78, 5) is 36.0. The van der Waals surface area contributed by atoms with Crippen molar-refractivity contribution in [3.63, 3.8) is 0 Å². The van der Waals surface area contributed by atoms with Crippen LogP contribution in [-0.2, 0) is 19.1 Å². The van der Waals surface area contributed by atoms with E-state index in [1.807, 2.05) is 31.2 Å². The minimum Gasteiger partial charge on any atom is -0.452 e. The highest BCUT2D eigenvalue weighted by Crippen LogP contribution is 2.19. The highest BCUT2D eigenvalue weighted by Gasteiger charge is 2.22. The molecule has 6 nitrogen and oxygen atoms in total. The zero-order valence-corrected chi connectivity index (χ0v) is 16.7. The first-order chi connectivity index (χ1) is 13.2. The normalized spacial score (nSPS) is 12.6. The lowest BCUT2D eigenvalue weighted by Gasteiger charge is -2.19. The minimum atomic E-state index is -0.998. The van der Waals surface area contributed by atoms with Gasteiger partial charge in [-0.05, 0) is 37.6 Å². The summed E-state index contributed by atoms with van der Waals surface area (Å²) >= 11 is 5.89. The zero-order chi connectivity index (χ0) is 20.7. The van der Waals surface area contributed by atoms with E-state index in [0.717, 1.165) is 11.1 Å². The predicted octanol–water partition coefficient (Wildman–Crippen LogP) is 3.79. The van der Waals surface area contributed by atoms with Crippen LogP contribution in [-0.4, -0.2) is 23.9 Å². The number of carbonyl (C=O) groups excluding carboxylic acids is 3. The number of esters is 1. The lowest BCUT2D eigenvalue weighted by Crippen LogP contribution is -2.33. The Morgan fingerprint density at radius 2 is 1.79 bits per heavy atom. The number of halogens is 1. The maximum absolute atomic E-state index is 12.3. The highest BCUT2D eigenvalue weighted by molar-refractivity contribution is 6.30. The Hall–Kier alpha value is -2.86. The van der Waals surface area contributed by atoms with Crippen molar-refractivity contribution in [2.75, 3.05) is 5.32 Å². The molecule has 2 aromatic rings. The summed E-state index contributed by atoms with van der Waals surface area (Å²) in [5, 5.41) is 5.87. The molecule has 0 heterocycles. The van der Waals surface area contributed by atoms with Crippen molar-refractivity contribution in [3.8, 4) is 0 Å².